The van der Waals surface area contributed by atoms with Crippen molar-refractivity contribution in [1.29, 1.82) is 0 Å². The van der Waals surface area contributed by atoms with Gasteiger partial charge in [0.25, 0.3) is 0 Å². The van der Waals surface area contributed by atoms with E-state index in [9.17, 15) is 0 Å². The molecule has 3 heteroatoms. The quantitative estimate of drug-likeness (QED) is 0.774. The minimum absolute atomic E-state index is 0.571. The van der Waals surface area contributed by atoms with Gasteiger partial charge in [-0.2, -0.15) is 0 Å². The minimum atomic E-state index is 0.571. The van der Waals surface area contributed by atoms with Crippen LogP contribution in [0.1, 0.15) is 11.3 Å². The molecule has 0 aliphatic rings. The van der Waals surface area contributed by atoms with Gasteiger partial charge in [0, 0.05) is 17.5 Å². The van der Waals surface area contributed by atoms with Crippen LogP contribution in [-0.4, -0.2) is 9.97 Å². The number of benzene rings is 2. The number of aryl methyl sites for hydroxylation is 1. The summed E-state index contributed by atoms with van der Waals surface area (Å²) in [6.07, 6.45) is 1.83. The Morgan fingerprint density at radius 2 is 1.90 bits per heavy atom. The van der Waals surface area contributed by atoms with Gasteiger partial charge in [-0.15, -0.1) is 0 Å². The van der Waals surface area contributed by atoms with Crippen molar-refractivity contribution in [2.75, 3.05) is 0 Å². The largest absolute Gasteiger partial charge is 0.489 e. The zero-order valence-corrected chi connectivity index (χ0v) is 11.3. The standard InChI is InChI=1S/C17H16N2O/c1-13-11-18-17(19-13)15-8-5-9-16(10-15)20-12-14-6-3-2-4-7-14/h2-11H,12H2,1H3,(H,18,19). The molecule has 100 valence electrons. The Hall–Kier alpha value is -2.55. The SMILES string of the molecule is Cc1cnc(-c2cccc(OCc3ccccc3)c2)[nH]1. The molecule has 0 unspecified atom stereocenters. The van der Waals surface area contributed by atoms with E-state index in [0.29, 0.717) is 6.61 Å². The van der Waals surface area contributed by atoms with E-state index in [1.807, 2.05) is 55.6 Å². The van der Waals surface area contributed by atoms with Gasteiger partial charge in [0.05, 0.1) is 0 Å². The Balaban J connectivity index is 1.75. The first-order chi connectivity index (χ1) is 9.81. The molecule has 0 amide bonds. The van der Waals surface area contributed by atoms with Crippen LogP contribution in [0.2, 0.25) is 0 Å². The number of nitrogens with one attached hydrogen (secondary N) is 1. The molecule has 0 bridgehead atoms. The van der Waals surface area contributed by atoms with Gasteiger partial charge < -0.3 is 9.72 Å². The van der Waals surface area contributed by atoms with Gasteiger partial charge >= 0.3 is 0 Å². The predicted molar refractivity (Wildman–Crippen MR) is 79.5 cm³/mol. The van der Waals surface area contributed by atoms with Gasteiger partial charge in [0.15, 0.2) is 0 Å². The summed E-state index contributed by atoms with van der Waals surface area (Å²) in [4.78, 5) is 7.56. The first-order valence-electron chi connectivity index (χ1n) is 6.60. The molecule has 0 fully saturated rings. The highest BCUT2D eigenvalue weighted by Crippen LogP contribution is 2.22. The molecular weight excluding hydrogens is 248 g/mol. The first kappa shape index (κ1) is 12.5. The lowest BCUT2D eigenvalue weighted by Gasteiger charge is -2.07. The highest BCUT2D eigenvalue weighted by molar-refractivity contribution is 5.57. The van der Waals surface area contributed by atoms with Gasteiger partial charge in [-0.3, -0.25) is 0 Å². The van der Waals surface area contributed by atoms with E-state index < -0.39 is 0 Å². The summed E-state index contributed by atoms with van der Waals surface area (Å²) in [7, 11) is 0. The Morgan fingerprint density at radius 1 is 1.05 bits per heavy atom. The number of nitrogens with zero attached hydrogens (tertiary/aromatic N) is 1. The topological polar surface area (TPSA) is 37.9 Å². The zero-order valence-electron chi connectivity index (χ0n) is 11.3. The van der Waals surface area contributed by atoms with Crippen LogP contribution >= 0.6 is 0 Å². The summed E-state index contributed by atoms with van der Waals surface area (Å²) in [5.74, 6) is 1.72. The van der Waals surface area contributed by atoms with Crippen LogP contribution < -0.4 is 4.74 Å². The molecule has 0 atom stereocenters. The van der Waals surface area contributed by atoms with E-state index in [2.05, 4.69) is 22.1 Å². The van der Waals surface area contributed by atoms with Gasteiger partial charge in [-0.05, 0) is 24.6 Å². The molecule has 0 aliphatic carbocycles. The van der Waals surface area contributed by atoms with E-state index >= 15 is 0 Å². The fourth-order valence-electron chi connectivity index (χ4n) is 2.03. The Labute approximate surface area is 118 Å². The molecular formula is C17H16N2O. The molecule has 1 N–H and O–H groups in total. The molecule has 1 aromatic heterocycles. The van der Waals surface area contributed by atoms with Crippen molar-refractivity contribution < 1.29 is 4.74 Å². The molecule has 2 aromatic carbocycles. The van der Waals surface area contributed by atoms with Gasteiger partial charge in [0.1, 0.15) is 18.2 Å². The fourth-order valence-corrected chi connectivity index (χ4v) is 2.03. The third-order valence-electron chi connectivity index (χ3n) is 3.06. The van der Waals surface area contributed by atoms with Crippen LogP contribution in [0, 0.1) is 6.92 Å². The van der Waals surface area contributed by atoms with E-state index in [-0.39, 0.29) is 0 Å². The van der Waals surface area contributed by atoms with Crippen LogP contribution in [0.3, 0.4) is 0 Å². The molecule has 20 heavy (non-hydrogen) atoms. The summed E-state index contributed by atoms with van der Waals surface area (Å²) >= 11 is 0. The maximum absolute atomic E-state index is 5.82. The second kappa shape index (κ2) is 5.61. The maximum atomic E-state index is 5.82. The summed E-state index contributed by atoms with van der Waals surface area (Å²) in [5, 5.41) is 0. The molecule has 3 aromatic rings. The summed E-state index contributed by atoms with van der Waals surface area (Å²) in [5.41, 5.74) is 3.24. The smallest absolute Gasteiger partial charge is 0.137 e. The number of H-pyrrole nitrogens is 1. The van der Waals surface area contributed by atoms with Crippen LogP contribution in [0.25, 0.3) is 11.4 Å². The van der Waals surface area contributed by atoms with Gasteiger partial charge in [0.2, 0.25) is 0 Å². The minimum Gasteiger partial charge on any atom is -0.489 e. The van der Waals surface area contributed by atoms with Crippen LogP contribution in [0.15, 0.2) is 60.8 Å². The van der Waals surface area contributed by atoms with E-state index in [1.54, 1.807) is 0 Å². The van der Waals surface area contributed by atoms with Gasteiger partial charge in [-0.1, -0.05) is 42.5 Å². The molecule has 3 rings (SSSR count). The van der Waals surface area contributed by atoms with Crippen LogP contribution in [-0.2, 0) is 6.61 Å². The zero-order chi connectivity index (χ0) is 13.8. The van der Waals surface area contributed by atoms with Crippen molar-refractivity contribution in [2.24, 2.45) is 0 Å². The highest BCUT2D eigenvalue weighted by Gasteiger charge is 2.03. The fraction of sp³-hybridized carbons (Fsp3) is 0.118. The van der Waals surface area contributed by atoms with Crippen molar-refractivity contribution in [2.45, 2.75) is 13.5 Å². The molecule has 0 aliphatic heterocycles. The van der Waals surface area contributed by atoms with Crippen molar-refractivity contribution in [1.82, 2.24) is 9.97 Å². The van der Waals surface area contributed by atoms with Crippen molar-refractivity contribution in [3.8, 4) is 17.1 Å². The monoisotopic (exact) mass is 264 g/mol. The average molecular weight is 264 g/mol. The highest BCUT2D eigenvalue weighted by atomic mass is 16.5. The van der Waals surface area contributed by atoms with Crippen molar-refractivity contribution in [3.63, 3.8) is 0 Å². The van der Waals surface area contributed by atoms with Crippen LogP contribution in [0.4, 0.5) is 0 Å². The number of hydrogen-bond donors (Lipinski definition) is 1. The third kappa shape index (κ3) is 2.88. The third-order valence-corrected chi connectivity index (χ3v) is 3.06. The van der Waals surface area contributed by atoms with E-state index in [1.165, 1.54) is 0 Å². The molecule has 0 spiro atoms. The second-order valence-corrected chi connectivity index (χ2v) is 4.72. The van der Waals surface area contributed by atoms with E-state index in [0.717, 1.165) is 28.4 Å². The normalized spacial score (nSPS) is 10.4. The summed E-state index contributed by atoms with van der Waals surface area (Å²) < 4.78 is 5.82. The second-order valence-electron chi connectivity index (χ2n) is 4.72. The number of rotatable bonds is 4. The molecule has 3 nitrogen and oxygen atoms in total. The molecule has 0 saturated carbocycles. The lowest BCUT2D eigenvalue weighted by molar-refractivity contribution is 0.306. The van der Waals surface area contributed by atoms with Gasteiger partial charge in [-0.25, -0.2) is 4.98 Å². The number of aromatic nitrogens is 2. The number of aromatic amines is 1. The number of imidazole rings is 1. The van der Waals surface area contributed by atoms with Crippen LogP contribution in [0.5, 0.6) is 5.75 Å². The van der Waals surface area contributed by atoms with E-state index in [4.69, 9.17) is 4.74 Å². The molecule has 1 heterocycles. The summed E-state index contributed by atoms with van der Waals surface area (Å²) in [6.45, 7) is 2.56. The Morgan fingerprint density at radius 3 is 2.65 bits per heavy atom. The predicted octanol–water partition coefficient (Wildman–Crippen LogP) is 3.96. The number of hydrogen-bond acceptors (Lipinski definition) is 2. The molecule has 0 saturated heterocycles. The number of ether oxygens (including phenoxy) is 1. The molecule has 0 radical (unpaired) electrons. The average Bonchev–Trinajstić information content (AvgIpc) is 2.93. The summed E-state index contributed by atoms with van der Waals surface area (Å²) in [6, 6.07) is 18.1. The first-order valence-corrected chi connectivity index (χ1v) is 6.60. The Bertz CT molecular complexity index is 689. The van der Waals surface area contributed by atoms with Crippen molar-refractivity contribution >= 4 is 0 Å². The Kier molecular flexibility index (Phi) is 3.50. The maximum Gasteiger partial charge on any atom is 0.137 e. The van der Waals surface area contributed by atoms with Crippen molar-refractivity contribution in [3.05, 3.63) is 72.1 Å². The lowest BCUT2D eigenvalue weighted by atomic mass is 10.2. The lowest BCUT2D eigenvalue weighted by Crippen LogP contribution is -1.95.